The number of aliphatic hydroxyl groups is 1. The third-order valence-electron chi connectivity index (χ3n) is 4.92. The van der Waals surface area contributed by atoms with Gasteiger partial charge in [0.25, 0.3) is 0 Å². The molecule has 22 heavy (non-hydrogen) atoms. The molecule has 0 radical (unpaired) electrons. The van der Waals surface area contributed by atoms with Gasteiger partial charge in [-0.1, -0.05) is 0 Å². The van der Waals surface area contributed by atoms with Crippen LogP contribution in [0.15, 0.2) is 0 Å². The van der Waals surface area contributed by atoms with Crippen molar-refractivity contribution in [3.63, 3.8) is 0 Å². The molecular weight excluding hydrogens is 284 g/mol. The predicted molar refractivity (Wildman–Crippen MR) is 82.2 cm³/mol. The van der Waals surface area contributed by atoms with Crippen LogP contribution in [0, 0.1) is 5.92 Å². The quantitative estimate of drug-likeness (QED) is 0.705. The van der Waals surface area contributed by atoms with Crippen LogP contribution in [0.5, 0.6) is 0 Å². The van der Waals surface area contributed by atoms with Crippen LogP contribution in [0.25, 0.3) is 0 Å². The number of nitrogens with one attached hydrogen (secondary N) is 1. The van der Waals surface area contributed by atoms with E-state index in [1.165, 1.54) is 20.0 Å². The number of hydrogen-bond donors (Lipinski definition) is 2. The lowest BCUT2D eigenvalue weighted by Gasteiger charge is -2.35. The minimum absolute atomic E-state index is 0.00424. The molecule has 0 bridgehead atoms. The standard InChI is InChI=1S/C16H28N2O4/c1-22-15(20)13-4-7-16(21,8-5-13)12-17-14(19)6-11-18-9-2-3-10-18/h13,21H,2-12H2,1H3,(H,17,19). The first-order valence-electron chi connectivity index (χ1n) is 8.32. The zero-order valence-corrected chi connectivity index (χ0v) is 13.5. The summed E-state index contributed by atoms with van der Waals surface area (Å²) in [5, 5.41) is 13.3. The summed E-state index contributed by atoms with van der Waals surface area (Å²) in [6, 6.07) is 0. The summed E-state index contributed by atoms with van der Waals surface area (Å²) < 4.78 is 4.74. The van der Waals surface area contributed by atoms with Crippen LogP contribution >= 0.6 is 0 Å². The number of esters is 1. The average Bonchev–Trinajstić information content (AvgIpc) is 3.04. The van der Waals surface area contributed by atoms with Crippen molar-refractivity contribution in [1.29, 1.82) is 0 Å². The van der Waals surface area contributed by atoms with Crippen LogP contribution in [-0.2, 0) is 14.3 Å². The molecule has 1 heterocycles. The van der Waals surface area contributed by atoms with Crippen molar-refractivity contribution < 1.29 is 19.4 Å². The van der Waals surface area contributed by atoms with Gasteiger partial charge >= 0.3 is 5.97 Å². The number of likely N-dealkylation sites (tertiary alicyclic amines) is 1. The average molecular weight is 312 g/mol. The van der Waals surface area contributed by atoms with Crippen LogP contribution in [0.4, 0.5) is 0 Å². The van der Waals surface area contributed by atoms with Gasteiger partial charge in [0.1, 0.15) is 0 Å². The summed E-state index contributed by atoms with van der Waals surface area (Å²) >= 11 is 0. The molecule has 2 rings (SSSR count). The molecule has 0 aromatic rings. The number of hydrogen-bond acceptors (Lipinski definition) is 5. The highest BCUT2D eigenvalue weighted by atomic mass is 16.5. The molecule has 1 amide bonds. The van der Waals surface area contributed by atoms with E-state index in [0.717, 1.165) is 19.6 Å². The second-order valence-corrected chi connectivity index (χ2v) is 6.60. The van der Waals surface area contributed by atoms with Crippen molar-refractivity contribution in [3.8, 4) is 0 Å². The van der Waals surface area contributed by atoms with Gasteiger partial charge in [-0.3, -0.25) is 9.59 Å². The predicted octanol–water partition coefficient (Wildman–Crippen LogP) is 0.683. The molecule has 0 aromatic heterocycles. The second-order valence-electron chi connectivity index (χ2n) is 6.60. The van der Waals surface area contributed by atoms with E-state index in [2.05, 4.69) is 10.2 Å². The first kappa shape index (κ1) is 17.2. The maximum Gasteiger partial charge on any atom is 0.308 e. The highest BCUT2D eigenvalue weighted by Crippen LogP contribution is 2.32. The fraction of sp³-hybridized carbons (Fsp3) is 0.875. The minimum atomic E-state index is -0.881. The molecule has 0 spiro atoms. The van der Waals surface area contributed by atoms with Crippen molar-refractivity contribution in [2.75, 3.05) is 33.3 Å². The summed E-state index contributed by atoms with van der Waals surface area (Å²) in [6.45, 7) is 3.26. The van der Waals surface area contributed by atoms with Crippen LogP contribution in [0.3, 0.4) is 0 Å². The van der Waals surface area contributed by atoms with Crippen LogP contribution in [0.2, 0.25) is 0 Å². The van der Waals surface area contributed by atoms with Gasteiger partial charge in [-0.25, -0.2) is 0 Å². The first-order valence-corrected chi connectivity index (χ1v) is 8.32. The third kappa shape index (κ3) is 4.95. The number of rotatable bonds is 6. The van der Waals surface area contributed by atoms with Gasteiger partial charge in [0.2, 0.25) is 5.91 Å². The molecule has 6 heteroatoms. The van der Waals surface area contributed by atoms with Crippen molar-refractivity contribution in [2.45, 2.75) is 50.5 Å². The molecule has 2 fully saturated rings. The van der Waals surface area contributed by atoms with Crippen LogP contribution in [0.1, 0.15) is 44.9 Å². The second kappa shape index (κ2) is 7.92. The number of carbonyl (C=O) groups is 2. The van der Waals surface area contributed by atoms with E-state index in [4.69, 9.17) is 4.74 Å². The number of carbonyl (C=O) groups excluding carboxylic acids is 2. The van der Waals surface area contributed by atoms with E-state index >= 15 is 0 Å². The highest BCUT2D eigenvalue weighted by Gasteiger charge is 2.36. The lowest BCUT2D eigenvalue weighted by atomic mass is 9.79. The van der Waals surface area contributed by atoms with Gasteiger partial charge in [0.05, 0.1) is 18.6 Å². The number of nitrogens with zero attached hydrogens (tertiary/aromatic N) is 1. The molecule has 1 aliphatic carbocycles. The van der Waals surface area contributed by atoms with E-state index in [1.54, 1.807) is 0 Å². The lowest BCUT2D eigenvalue weighted by Crippen LogP contribution is -2.46. The van der Waals surface area contributed by atoms with E-state index < -0.39 is 5.60 Å². The van der Waals surface area contributed by atoms with Gasteiger partial charge < -0.3 is 20.1 Å². The fourth-order valence-corrected chi connectivity index (χ4v) is 3.35. The molecule has 126 valence electrons. The Balaban J connectivity index is 1.65. The zero-order chi connectivity index (χ0) is 16.0. The zero-order valence-electron chi connectivity index (χ0n) is 13.5. The van der Waals surface area contributed by atoms with Gasteiger partial charge in [-0.2, -0.15) is 0 Å². The first-order chi connectivity index (χ1) is 10.5. The van der Waals surface area contributed by atoms with E-state index in [1.807, 2.05) is 0 Å². The molecule has 0 unspecified atom stereocenters. The molecule has 6 nitrogen and oxygen atoms in total. The topological polar surface area (TPSA) is 78.9 Å². The van der Waals surface area contributed by atoms with Gasteiger partial charge in [0, 0.05) is 19.5 Å². The Labute approximate surface area is 132 Å². The Morgan fingerprint density at radius 3 is 2.50 bits per heavy atom. The van der Waals surface area contributed by atoms with E-state index in [9.17, 15) is 14.7 Å². The van der Waals surface area contributed by atoms with E-state index in [-0.39, 0.29) is 24.3 Å². The van der Waals surface area contributed by atoms with Crippen molar-refractivity contribution in [1.82, 2.24) is 10.2 Å². The number of amides is 1. The van der Waals surface area contributed by atoms with Crippen molar-refractivity contribution in [2.24, 2.45) is 5.92 Å². The molecule has 1 saturated heterocycles. The van der Waals surface area contributed by atoms with Crippen LogP contribution in [-0.4, -0.2) is 60.8 Å². The molecule has 0 aromatic carbocycles. The van der Waals surface area contributed by atoms with Crippen molar-refractivity contribution >= 4 is 11.9 Å². The largest absolute Gasteiger partial charge is 0.469 e. The Morgan fingerprint density at radius 1 is 1.27 bits per heavy atom. The van der Waals surface area contributed by atoms with Gasteiger partial charge in [0.15, 0.2) is 0 Å². The molecule has 2 aliphatic rings. The normalized spacial score (nSPS) is 29.3. The third-order valence-corrected chi connectivity index (χ3v) is 4.92. The number of ether oxygens (including phenoxy) is 1. The Kier molecular flexibility index (Phi) is 6.20. The maximum atomic E-state index is 11.9. The van der Waals surface area contributed by atoms with Gasteiger partial charge in [-0.15, -0.1) is 0 Å². The maximum absolute atomic E-state index is 11.9. The Hall–Kier alpha value is -1.14. The Bertz CT molecular complexity index is 386. The summed E-state index contributed by atoms with van der Waals surface area (Å²) in [4.78, 5) is 25.7. The Morgan fingerprint density at radius 2 is 1.91 bits per heavy atom. The molecule has 1 saturated carbocycles. The highest BCUT2D eigenvalue weighted by molar-refractivity contribution is 5.76. The van der Waals surface area contributed by atoms with Crippen molar-refractivity contribution in [3.05, 3.63) is 0 Å². The molecule has 0 atom stereocenters. The lowest BCUT2D eigenvalue weighted by molar-refractivity contribution is -0.148. The van der Waals surface area contributed by atoms with Crippen LogP contribution < -0.4 is 5.32 Å². The fourth-order valence-electron chi connectivity index (χ4n) is 3.35. The minimum Gasteiger partial charge on any atom is -0.469 e. The number of methoxy groups -OCH3 is 1. The smallest absolute Gasteiger partial charge is 0.308 e. The SMILES string of the molecule is COC(=O)C1CCC(O)(CNC(=O)CCN2CCCC2)CC1. The summed E-state index contributed by atoms with van der Waals surface area (Å²) in [7, 11) is 1.39. The molecule has 1 aliphatic heterocycles. The van der Waals surface area contributed by atoms with Gasteiger partial charge in [-0.05, 0) is 51.6 Å². The van der Waals surface area contributed by atoms with E-state index in [0.29, 0.717) is 32.1 Å². The molecule has 2 N–H and O–H groups in total. The summed E-state index contributed by atoms with van der Waals surface area (Å²) in [5.41, 5.74) is -0.881. The molecular formula is C16H28N2O4. The summed E-state index contributed by atoms with van der Waals surface area (Å²) in [5.74, 6) is -0.316. The summed E-state index contributed by atoms with van der Waals surface area (Å²) in [6.07, 6.45) is 5.23. The monoisotopic (exact) mass is 312 g/mol.